The SMILES string of the molecule is [C-]#[N+]c1ccc(C(=O)Cc2ccc(F)c([C@@]3(C)N=C(N)OC4CCCCC43)c2)nc1. The second kappa shape index (κ2) is 7.86. The van der Waals surface area contributed by atoms with Crippen LogP contribution in [0.3, 0.4) is 0 Å². The van der Waals surface area contributed by atoms with E-state index in [1.165, 1.54) is 18.3 Å². The molecule has 2 N–H and O–H groups in total. The highest BCUT2D eigenvalue weighted by atomic mass is 19.1. The van der Waals surface area contributed by atoms with Gasteiger partial charge in [0.05, 0.1) is 12.1 Å². The van der Waals surface area contributed by atoms with E-state index in [4.69, 9.17) is 17.0 Å². The topological polar surface area (TPSA) is 81.9 Å². The van der Waals surface area contributed by atoms with E-state index in [2.05, 4.69) is 14.8 Å². The molecule has 1 fully saturated rings. The second-order valence-corrected chi connectivity index (χ2v) is 8.07. The van der Waals surface area contributed by atoms with Gasteiger partial charge in [-0.1, -0.05) is 18.6 Å². The number of hydrogen-bond acceptors (Lipinski definition) is 5. The molecule has 4 rings (SSSR count). The smallest absolute Gasteiger partial charge is 0.283 e. The lowest BCUT2D eigenvalue weighted by molar-refractivity contribution is 0.0146. The largest absolute Gasteiger partial charge is 0.462 e. The molecular formula is C23H23FN4O2. The van der Waals surface area contributed by atoms with E-state index in [0.717, 1.165) is 25.7 Å². The molecule has 154 valence electrons. The molecule has 2 aliphatic rings. The number of nitrogens with two attached hydrogens (primary N) is 1. The summed E-state index contributed by atoms with van der Waals surface area (Å²) in [6.45, 7) is 8.88. The van der Waals surface area contributed by atoms with Crippen LogP contribution in [0.15, 0.2) is 41.5 Å². The van der Waals surface area contributed by atoms with E-state index < -0.39 is 5.54 Å². The van der Waals surface area contributed by atoms with Crippen LogP contribution in [-0.4, -0.2) is 22.9 Å². The van der Waals surface area contributed by atoms with Gasteiger partial charge < -0.3 is 10.5 Å². The predicted molar refractivity (Wildman–Crippen MR) is 111 cm³/mol. The van der Waals surface area contributed by atoms with E-state index in [9.17, 15) is 9.18 Å². The first-order valence-corrected chi connectivity index (χ1v) is 10.1. The summed E-state index contributed by atoms with van der Waals surface area (Å²) in [7, 11) is 0. The first-order chi connectivity index (χ1) is 14.4. The zero-order chi connectivity index (χ0) is 21.3. The highest BCUT2D eigenvalue weighted by Crippen LogP contribution is 2.46. The third kappa shape index (κ3) is 3.65. The summed E-state index contributed by atoms with van der Waals surface area (Å²) in [6, 6.07) is 7.90. The number of hydrogen-bond donors (Lipinski definition) is 1. The Bertz CT molecular complexity index is 1040. The molecule has 0 radical (unpaired) electrons. The van der Waals surface area contributed by atoms with E-state index in [1.54, 1.807) is 18.2 Å². The lowest BCUT2D eigenvalue weighted by atomic mass is 9.70. The Morgan fingerprint density at radius 2 is 2.13 bits per heavy atom. The average molecular weight is 406 g/mol. The Kier molecular flexibility index (Phi) is 5.25. The van der Waals surface area contributed by atoms with Gasteiger partial charge in [0.2, 0.25) is 5.69 Å². The maximum Gasteiger partial charge on any atom is 0.283 e. The van der Waals surface area contributed by atoms with Gasteiger partial charge in [-0.05, 0) is 49.9 Å². The summed E-state index contributed by atoms with van der Waals surface area (Å²) in [5.74, 6) is -0.530. The molecule has 6 nitrogen and oxygen atoms in total. The van der Waals surface area contributed by atoms with Gasteiger partial charge in [-0.25, -0.2) is 14.2 Å². The Balaban J connectivity index is 1.65. The maximum absolute atomic E-state index is 15.0. The molecule has 7 heteroatoms. The van der Waals surface area contributed by atoms with Crippen molar-refractivity contribution in [1.29, 1.82) is 0 Å². The Hall–Kier alpha value is -3.27. The fourth-order valence-electron chi connectivity index (χ4n) is 4.60. The number of halogens is 1. The minimum absolute atomic E-state index is 0.0295. The van der Waals surface area contributed by atoms with Crippen LogP contribution in [0.25, 0.3) is 4.85 Å². The van der Waals surface area contributed by atoms with Gasteiger partial charge in [-0.15, -0.1) is 0 Å². The van der Waals surface area contributed by atoms with E-state index in [1.807, 2.05) is 6.92 Å². The van der Waals surface area contributed by atoms with Crippen molar-refractivity contribution in [3.05, 3.63) is 70.6 Å². The minimum atomic E-state index is -0.841. The van der Waals surface area contributed by atoms with Crippen molar-refractivity contribution in [1.82, 2.24) is 4.98 Å². The average Bonchev–Trinajstić information content (AvgIpc) is 2.75. The number of ketones is 1. The molecule has 2 aromatic rings. The lowest BCUT2D eigenvalue weighted by Crippen LogP contribution is -2.49. The second-order valence-electron chi connectivity index (χ2n) is 8.07. The molecule has 0 bridgehead atoms. The van der Waals surface area contributed by atoms with Crippen LogP contribution in [0.1, 0.15) is 54.2 Å². The number of pyridine rings is 1. The van der Waals surface area contributed by atoms with Gasteiger partial charge in [-0.2, -0.15) is 0 Å². The van der Waals surface area contributed by atoms with Gasteiger partial charge in [-0.3, -0.25) is 9.78 Å². The fourth-order valence-corrected chi connectivity index (χ4v) is 4.60. The zero-order valence-corrected chi connectivity index (χ0v) is 16.8. The van der Waals surface area contributed by atoms with Crippen LogP contribution in [0, 0.1) is 18.3 Å². The van der Waals surface area contributed by atoms with E-state index >= 15 is 0 Å². The van der Waals surface area contributed by atoms with Gasteiger partial charge >= 0.3 is 0 Å². The monoisotopic (exact) mass is 406 g/mol. The predicted octanol–water partition coefficient (Wildman–Crippen LogP) is 4.32. The van der Waals surface area contributed by atoms with E-state index in [0.29, 0.717) is 16.8 Å². The summed E-state index contributed by atoms with van der Waals surface area (Å²) >= 11 is 0. The Labute approximate surface area is 174 Å². The first-order valence-electron chi connectivity index (χ1n) is 10.1. The summed E-state index contributed by atoms with van der Waals surface area (Å²) < 4.78 is 20.7. The molecular weight excluding hydrogens is 383 g/mol. The number of aliphatic imine (C=N–C) groups is 1. The number of amidine groups is 1. The van der Waals surface area contributed by atoms with Gasteiger partial charge in [0.25, 0.3) is 6.02 Å². The van der Waals surface area contributed by atoms with Gasteiger partial charge in [0.1, 0.15) is 17.6 Å². The molecule has 1 aromatic heterocycles. The zero-order valence-electron chi connectivity index (χ0n) is 16.8. The summed E-state index contributed by atoms with van der Waals surface area (Å²) in [5.41, 5.74) is 6.88. The number of fused-ring (bicyclic) bond motifs is 1. The molecule has 2 unspecified atom stereocenters. The molecule has 0 amide bonds. The number of benzene rings is 1. The van der Waals surface area contributed by atoms with Crippen LogP contribution in [0.5, 0.6) is 0 Å². The molecule has 0 saturated heterocycles. The molecule has 3 atom stereocenters. The summed E-state index contributed by atoms with van der Waals surface area (Å²) in [4.78, 5) is 24.5. The number of aromatic nitrogens is 1. The van der Waals surface area contributed by atoms with E-state index in [-0.39, 0.29) is 41.8 Å². The van der Waals surface area contributed by atoms with Gasteiger partial charge in [0.15, 0.2) is 5.78 Å². The van der Waals surface area contributed by atoms with Crippen LogP contribution in [0.2, 0.25) is 0 Å². The highest BCUT2D eigenvalue weighted by Gasteiger charge is 2.47. The van der Waals surface area contributed by atoms with Crippen LogP contribution in [0.4, 0.5) is 10.1 Å². The van der Waals surface area contributed by atoms with Gasteiger partial charge in [0, 0.05) is 24.1 Å². The maximum atomic E-state index is 15.0. The molecule has 30 heavy (non-hydrogen) atoms. The summed E-state index contributed by atoms with van der Waals surface area (Å²) in [6.07, 6.45) is 5.25. The van der Waals surface area contributed by atoms with Crippen molar-refractivity contribution in [2.45, 2.75) is 50.7 Å². The fraction of sp³-hybridized carbons (Fsp3) is 0.391. The third-order valence-corrected chi connectivity index (χ3v) is 6.14. The molecule has 1 aromatic carbocycles. The number of carbonyl (C=O) groups is 1. The standard InChI is InChI=1S/C23H23FN4O2/c1-23(16-5-3-4-6-21(16)30-22(25)28-23)17-11-14(7-9-18(17)24)12-20(29)19-10-8-15(26-2)13-27-19/h7-11,13,16,21H,3-6,12H2,1H3,(H2,25,28)/t16?,21?,23-/m0/s1. The first kappa shape index (κ1) is 20.0. The Morgan fingerprint density at radius 1 is 1.33 bits per heavy atom. The Morgan fingerprint density at radius 3 is 2.87 bits per heavy atom. The molecule has 1 aliphatic carbocycles. The van der Waals surface area contributed by atoms with Crippen LogP contribution in [-0.2, 0) is 16.7 Å². The number of nitrogens with zero attached hydrogens (tertiary/aromatic N) is 3. The van der Waals surface area contributed by atoms with Crippen molar-refractivity contribution in [2.75, 3.05) is 0 Å². The van der Waals surface area contributed by atoms with Crippen molar-refractivity contribution in [3.63, 3.8) is 0 Å². The van der Waals surface area contributed by atoms with Crippen molar-refractivity contribution >= 4 is 17.5 Å². The molecule has 1 aliphatic heterocycles. The molecule has 1 saturated carbocycles. The normalized spacial score (nSPS) is 25.4. The third-order valence-electron chi connectivity index (χ3n) is 6.14. The summed E-state index contributed by atoms with van der Waals surface area (Å²) in [5, 5.41) is 0. The van der Waals surface area contributed by atoms with Crippen LogP contribution < -0.4 is 5.73 Å². The number of Topliss-reactive ketones (excluding diaryl/α,β-unsaturated/α-hetero) is 1. The number of carbonyl (C=O) groups excluding carboxylic acids is 1. The van der Waals surface area contributed by atoms with Crippen LogP contribution >= 0.6 is 0 Å². The van der Waals surface area contributed by atoms with Crippen molar-refractivity contribution in [3.8, 4) is 0 Å². The van der Waals surface area contributed by atoms with Crippen molar-refractivity contribution < 1.29 is 13.9 Å². The van der Waals surface area contributed by atoms with Crippen molar-refractivity contribution in [2.24, 2.45) is 16.6 Å². The molecule has 2 heterocycles. The number of ether oxygens (including phenoxy) is 1. The lowest BCUT2D eigenvalue weighted by Gasteiger charge is -2.45. The highest BCUT2D eigenvalue weighted by molar-refractivity contribution is 5.96. The quantitative estimate of drug-likeness (QED) is 0.606. The number of rotatable bonds is 4. The minimum Gasteiger partial charge on any atom is -0.462 e. The molecule has 0 spiro atoms.